The smallest absolute Gasteiger partial charge is 0.251 e. The summed E-state index contributed by atoms with van der Waals surface area (Å²) in [5.74, 6) is 1.25. The second-order valence-corrected chi connectivity index (χ2v) is 7.11. The van der Waals surface area contributed by atoms with E-state index in [2.05, 4.69) is 25.6 Å². The number of hydrogen-bond donors (Lipinski definition) is 2. The van der Waals surface area contributed by atoms with E-state index in [-0.39, 0.29) is 11.7 Å². The Kier molecular flexibility index (Phi) is 5.15. The molecule has 0 atom stereocenters. The average Bonchev–Trinajstić information content (AvgIpc) is 3.42. The third-order valence-electron chi connectivity index (χ3n) is 4.91. The number of aromatic nitrogens is 5. The summed E-state index contributed by atoms with van der Waals surface area (Å²) in [5.41, 5.74) is 8.94. The van der Waals surface area contributed by atoms with Crippen LogP contribution in [0.25, 0.3) is 28.2 Å². The summed E-state index contributed by atoms with van der Waals surface area (Å²) >= 11 is 0. The van der Waals surface area contributed by atoms with Gasteiger partial charge >= 0.3 is 0 Å². The number of nitrogens with zero attached hydrogens (tertiary/aromatic N) is 5. The quantitative estimate of drug-likeness (QED) is 0.408. The molecule has 5 rings (SSSR count). The lowest BCUT2D eigenvalue weighted by Crippen LogP contribution is -2.22. The highest BCUT2D eigenvalue weighted by Crippen LogP contribution is 2.32. The van der Waals surface area contributed by atoms with E-state index in [9.17, 15) is 4.79 Å². The minimum Gasteiger partial charge on any atom is -0.439 e. The molecule has 1 amide bonds. The number of pyridine rings is 1. The Morgan fingerprint density at radius 3 is 2.73 bits per heavy atom. The number of imidazole rings is 1. The molecule has 0 aliphatic rings. The highest BCUT2D eigenvalue weighted by Gasteiger charge is 2.21. The second kappa shape index (κ2) is 8.42. The summed E-state index contributed by atoms with van der Waals surface area (Å²) in [6, 6.07) is 18.3. The van der Waals surface area contributed by atoms with Gasteiger partial charge in [0.25, 0.3) is 5.91 Å². The number of amides is 1. The molecule has 164 valence electrons. The molecule has 0 unspecified atom stereocenters. The zero-order valence-electron chi connectivity index (χ0n) is 17.6. The van der Waals surface area contributed by atoms with Gasteiger partial charge < -0.3 is 15.8 Å². The van der Waals surface area contributed by atoms with Crippen molar-refractivity contribution in [3.8, 4) is 28.8 Å². The maximum absolute atomic E-state index is 12.1. The number of para-hydroxylation sites is 1. The second-order valence-electron chi connectivity index (χ2n) is 7.11. The molecule has 3 aromatic heterocycles. The van der Waals surface area contributed by atoms with E-state index < -0.39 is 0 Å². The highest BCUT2D eigenvalue weighted by molar-refractivity contribution is 5.94. The number of rotatable bonds is 6. The third kappa shape index (κ3) is 3.85. The molecule has 0 fully saturated rings. The predicted octanol–water partition coefficient (Wildman–Crippen LogP) is 3.59. The van der Waals surface area contributed by atoms with Crippen molar-refractivity contribution < 1.29 is 14.2 Å². The van der Waals surface area contributed by atoms with Crippen molar-refractivity contribution in [1.82, 2.24) is 30.2 Å². The van der Waals surface area contributed by atoms with Gasteiger partial charge in [-0.15, -0.1) is 0 Å². The molecule has 0 radical (unpaired) electrons. The lowest BCUT2D eigenvalue weighted by atomic mass is 10.2. The van der Waals surface area contributed by atoms with Crippen molar-refractivity contribution >= 4 is 22.8 Å². The minimum absolute atomic E-state index is 0.133. The number of nitrogens with one attached hydrogen (secondary N) is 1. The van der Waals surface area contributed by atoms with Crippen LogP contribution < -0.4 is 15.8 Å². The Morgan fingerprint density at radius 2 is 1.97 bits per heavy atom. The number of anilines is 1. The zero-order chi connectivity index (χ0) is 22.8. The number of carbonyl (C=O) groups is 1. The molecule has 2 aromatic carbocycles. The highest BCUT2D eigenvalue weighted by atomic mass is 16.6. The maximum atomic E-state index is 12.1. The standard InChI is InChI=1S/C23H19N7O3/c1-2-25-23(31)14-7-6-10-16(11-14)32-19-12-18-17(13-26-19)27-22(20-21(24)29-33-28-20)30(18)15-8-4-3-5-9-15/h3-13H,2H2,1H3,(H2,24,29)(H,25,31). The van der Waals surface area contributed by atoms with Crippen LogP contribution in [0.15, 0.2) is 71.5 Å². The van der Waals surface area contributed by atoms with E-state index in [1.54, 1.807) is 36.5 Å². The van der Waals surface area contributed by atoms with Crippen molar-refractivity contribution in [2.75, 3.05) is 12.3 Å². The monoisotopic (exact) mass is 441 g/mol. The van der Waals surface area contributed by atoms with E-state index >= 15 is 0 Å². The van der Waals surface area contributed by atoms with Gasteiger partial charge in [0.2, 0.25) is 5.88 Å². The number of fused-ring (bicyclic) bond motifs is 1. The first-order valence-corrected chi connectivity index (χ1v) is 10.2. The number of hydrogen-bond acceptors (Lipinski definition) is 8. The molecule has 0 bridgehead atoms. The van der Waals surface area contributed by atoms with E-state index in [0.717, 1.165) is 11.2 Å². The molecular weight excluding hydrogens is 422 g/mol. The normalized spacial score (nSPS) is 10.9. The van der Waals surface area contributed by atoms with Gasteiger partial charge in [-0.3, -0.25) is 9.36 Å². The SMILES string of the molecule is CCNC(=O)c1cccc(Oc2cc3c(cn2)nc(-c2nonc2N)n3-c2ccccc2)c1. The van der Waals surface area contributed by atoms with Gasteiger partial charge in [-0.1, -0.05) is 24.3 Å². The molecule has 10 nitrogen and oxygen atoms in total. The van der Waals surface area contributed by atoms with E-state index in [1.807, 2.05) is 41.8 Å². The Balaban J connectivity index is 1.59. The molecule has 0 saturated carbocycles. The molecule has 0 aliphatic heterocycles. The van der Waals surface area contributed by atoms with Gasteiger partial charge in [0.05, 0.1) is 11.7 Å². The van der Waals surface area contributed by atoms with Crippen LogP contribution >= 0.6 is 0 Å². The number of nitrogens with two attached hydrogens (primary N) is 1. The molecule has 10 heteroatoms. The van der Waals surface area contributed by atoms with Crippen LogP contribution in [0.2, 0.25) is 0 Å². The summed E-state index contributed by atoms with van der Waals surface area (Å²) in [5, 5.41) is 10.4. The molecule has 0 saturated heterocycles. The molecule has 3 N–H and O–H groups in total. The van der Waals surface area contributed by atoms with Crippen LogP contribution in [-0.2, 0) is 0 Å². The molecular formula is C23H19N7O3. The first kappa shape index (κ1) is 20.2. The first-order valence-electron chi connectivity index (χ1n) is 10.2. The largest absolute Gasteiger partial charge is 0.439 e. The lowest BCUT2D eigenvalue weighted by Gasteiger charge is -2.09. The average molecular weight is 441 g/mol. The molecule has 3 heterocycles. The molecule has 0 aliphatic carbocycles. The summed E-state index contributed by atoms with van der Waals surface area (Å²) in [6.07, 6.45) is 1.60. The van der Waals surface area contributed by atoms with Crippen molar-refractivity contribution in [1.29, 1.82) is 0 Å². The molecule has 0 spiro atoms. The Labute approximate surface area is 188 Å². The van der Waals surface area contributed by atoms with Crippen LogP contribution in [0.5, 0.6) is 11.6 Å². The number of carbonyl (C=O) groups excluding carboxylic acids is 1. The van der Waals surface area contributed by atoms with Crippen LogP contribution in [0.3, 0.4) is 0 Å². The number of nitrogen functional groups attached to an aromatic ring is 1. The van der Waals surface area contributed by atoms with Crippen LogP contribution in [0.4, 0.5) is 5.82 Å². The van der Waals surface area contributed by atoms with Gasteiger partial charge in [-0.25, -0.2) is 14.6 Å². The fourth-order valence-corrected chi connectivity index (χ4v) is 3.45. The number of ether oxygens (including phenoxy) is 1. The van der Waals surface area contributed by atoms with Crippen molar-refractivity contribution in [3.63, 3.8) is 0 Å². The van der Waals surface area contributed by atoms with Crippen molar-refractivity contribution in [3.05, 3.63) is 72.4 Å². The summed E-state index contributed by atoms with van der Waals surface area (Å²) < 4.78 is 12.6. The number of benzene rings is 2. The van der Waals surface area contributed by atoms with Crippen LogP contribution in [0, 0.1) is 0 Å². The lowest BCUT2D eigenvalue weighted by molar-refractivity contribution is 0.0955. The fraction of sp³-hybridized carbons (Fsp3) is 0.0870. The Bertz CT molecular complexity index is 1440. The van der Waals surface area contributed by atoms with E-state index in [0.29, 0.717) is 40.8 Å². The third-order valence-corrected chi connectivity index (χ3v) is 4.91. The summed E-state index contributed by atoms with van der Waals surface area (Å²) in [7, 11) is 0. The van der Waals surface area contributed by atoms with Gasteiger partial charge in [0, 0.05) is 23.9 Å². The molecule has 33 heavy (non-hydrogen) atoms. The first-order chi connectivity index (χ1) is 16.1. The van der Waals surface area contributed by atoms with Crippen molar-refractivity contribution in [2.24, 2.45) is 0 Å². The van der Waals surface area contributed by atoms with E-state index in [1.165, 1.54) is 0 Å². The van der Waals surface area contributed by atoms with Gasteiger partial charge in [0.1, 0.15) is 11.3 Å². The summed E-state index contributed by atoms with van der Waals surface area (Å²) in [6.45, 7) is 2.41. The Hall–Kier alpha value is -4.73. The topological polar surface area (TPSA) is 134 Å². The van der Waals surface area contributed by atoms with Crippen LogP contribution in [-0.4, -0.2) is 37.3 Å². The van der Waals surface area contributed by atoms with Crippen molar-refractivity contribution in [2.45, 2.75) is 6.92 Å². The van der Waals surface area contributed by atoms with Gasteiger partial charge in [-0.2, -0.15) is 0 Å². The van der Waals surface area contributed by atoms with E-state index in [4.69, 9.17) is 15.1 Å². The molecule has 5 aromatic rings. The fourth-order valence-electron chi connectivity index (χ4n) is 3.45. The van der Waals surface area contributed by atoms with Crippen LogP contribution in [0.1, 0.15) is 17.3 Å². The zero-order valence-corrected chi connectivity index (χ0v) is 17.6. The summed E-state index contributed by atoms with van der Waals surface area (Å²) in [4.78, 5) is 21.2. The Morgan fingerprint density at radius 1 is 1.12 bits per heavy atom. The predicted molar refractivity (Wildman–Crippen MR) is 121 cm³/mol. The van der Waals surface area contributed by atoms with Gasteiger partial charge in [0.15, 0.2) is 17.3 Å². The maximum Gasteiger partial charge on any atom is 0.251 e. The minimum atomic E-state index is -0.169. The van der Waals surface area contributed by atoms with Gasteiger partial charge in [-0.05, 0) is 47.6 Å².